The van der Waals surface area contributed by atoms with Crippen LogP contribution in [0.1, 0.15) is 47.5 Å². The average molecular weight is 214 g/mol. The summed E-state index contributed by atoms with van der Waals surface area (Å²) in [5, 5.41) is 0. The fourth-order valence-corrected chi connectivity index (χ4v) is 3.25. The van der Waals surface area contributed by atoms with Gasteiger partial charge in [-0.05, 0) is 18.3 Å². The predicted octanol–water partition coefficient (Wildman–Crippen LogP) is 3.08. The van der Waals surface area contributed by atoms with Crippen LogP contribution in [-0.4, -0.2) is 16.4 Å². The zero-order valence-electron chi connectivity index (χ0n) is 10.5. The molecule has 0 radical (unpaired) electrons. The molecule has 0 bridgehead atoms. The van der Waals surface area contributed by atoms with Crippen molar-refractivity contribution in [1.29, 1.82) is 0 Å². The van der Waals surface area contributed by atoms with E-state index in [0.29, 0.717) is 11.8 Å². The van der Waals surface area contributed by atoms with Gasteiger partial charge in [0.05, 0.1) is 0 Å². The van der Waals surface area contributed by atoms with Crippen molar-refractivity contribution in [1.82, 2.24) is 0 Å². The van der Waals surface area contributed by atoms with Gasteiger partial charge in [0, 0.05) is 6.61 Å². The normalized spacial score (nSPS) is 11.9. The van der Waals surface area contributed by atoms with E-state index in [4.69, 9.17) is 4.43 Å². The second-order valence-electron chi connectivity index (χ2n) is 4.44. The zero-order chi connectivity index (χ0) is 11.0. The summed E-state index contributed by atoms with van der Waals surface area (Å²) in [7, 11) is -0.404. The van der Waals surface area contributed by atoms with Gasteiger partial charge in [-0.3, -0.25) is 0 Å². The molecule has 0 rings (SSSR count). The van der Waals surface area contributed by atoms with E-state index in [9.17, 15) is 0 Å². The summed E-state index contributed by atoms with van der Waals surface area (Å²) < 4.78 is 5.67. The van der Waals surface area contributed by atoms with Gasteiger partial charge in [-0.15, -0.1) is 0 Å². The quantitative estimate of drug-likeness (QED) is 0.467. The number of allylic oxidation sites excluding steroid dienone is 1. The number of hydrogen-bond donors (Lipinski definition) is 0. The first-order chi connectivity index (χ1) is 6.59. The summed E-state index contributed by atoms with van der Waals surface area (Å²) in [6, 6.07) is 0. The minimum atomic E-state index is -0.404. The molecule has 0 aliphatic heterocycles. The molecule has 0 heterocycles. The summed E-state index contributed by atoms with van der Waals surface area (Å²) in [6.07, 6.45) is 2.44. The Hall–Kier alpha value is -0.0831. The Morgan fingerprint density at radius 1 is 1.21 bits per heavy atom. The Morgan fingerprint density at radius 2 is 1.79 bits per heavy atom. The van der Waals surface area contributed by atoms with Gasteiger partial charge in [0.25, 0.3) is 0 Å². The van der Waals surface area contributed by atoms with Crippen LogP contribution in [0.3, 0.4) is 0 Å². The molecule has 14 heavy (non-hydrogen) atoms. The van der Waals surface area contributed by atoms with Crippen LogP contribution in [0.5, 0.6) is 0 Å². The van der Waals surface area contributed by atoms with Crippen LogP contribution in [0.15, 0.2) is 11.3 Å². The Balaban J connectivity index is 3.80. The second kappa shape index (κ2) is 8.24. The minimum Gasteiger partial charge on any atom is -0.419 e. The van der Waals surface area contributed by atoms with E-state index in [1.165, 1.54) is 12.8 Å². The van der Waals surface area contributed by atoms with Gasteiger partial charge in [0.15, 0.2) is 9.76 Å². The molecular formula is C12H26OSi. The molecule has 0 aromatic carbocycles. The van der Waals surface area contributed by atoms with E-state index in [-0.39, 0.29) is 0 Å². The molecule has 0 aliphatic carbocycles. The summed E-state index contributed by atoms with van der Waals surface area (Å²) in [5.74, 6) is 1.36. The zero-order valence-corrected chi connectivity index (χ0v) is 11.9. The third kappa shape index (κ3) is 6.38. The topological polar surface area (TPSA) is 9.23 Å². The first-order valence-electron chi connectivity index (χ1n) is 5.87. The first kappa shape index (κ1) is 13.9. The summed E-state index contributed by atoms with van der Waals surface area (Å²) in [6.45, 7) is 12.2. The lowest BCUT2D eigenvalue weighted by atomic mass is 9.95. The van der Waals surface area contributed by atoms with E-state index in [1.807, 2.05) is 0 Å². The van der Waals surface area contributed by atoms with Crippen molar-refractivity contribution in [3.8, 4) is 0 Å². The molecule has 0 saturated heterocycles. The van der Waals surface area contributed by atoms with E-state index in [1.54, 1.807) is 5.57 Å². The molecule has 0 atom stereocenters. The summed E-state index contributed by atoms with van der Waals surface area (Å²) in [4.78, 5) is 0. The van der Waals surface area contributed by atoms with Gasteiger partial charge >= 0.3 is 0 Å². The standard InChI is InChI=1S/C12H26OSi/c1-6-7-8-13-14-9-12(10(2)3)11(4)5/h9-11H,6-8,14H2,1-5H3. The molecule has 0 aromatic heterocycles. The van der Waals surface area contributed by atoms with Crippen LogP contribution >= 0.6 is 0 Å². The van der Waals surface area contributed by atoms with Gasteiger partial charge in [0.2, 0.25) is 0 Å². The second-order valence-corrected chi connectivity index (χ2v) is 5.59. The average Bonchev–Trinajstić information content (AvgIpc) is 2.09. The molecule has 0 aliphatic rings. The lowest BCUT2D eigenvalue weighted by Crippen LogP contribution is -2.06. The SMILES string of the molecule is CCCCO[SiH2]C=C(C(C)C)C(C)C. The van der Waals surface area contributed by atoms with Crippen molar-refractivity contribution in [2.75, 3.05) is 6.61 Å². The van der Waals surface area contributed by atoms with Crippen molar-refractivity contribution in [3.05, 3.63) is 11.3 Å². The Kier molecular flexibility index (Phi) is 8.19. The molecule has 84 valence electrons. The molecule has 0 fully saturated rings. The highest BCUT2D eigenvalue weighted by Gasteiger charge is 2.06. The van der Waals surface area contributed by atoms with Crippen LogP contribution in [-0.2, 0) is 4.43 Å². The highest BCUT2D eigenvalue weighted by molar-refractivity contribution is 6.34. The van der Waals surface area contributed by atoms with E-state index >= 15 is 0 Å². The van der Waals surface area contributed by atoms with Crippen LogP contribution in [0.25, 0.3) is 0 Å². The maximum absolute atomic E-state index is 5.67. The molecular weight excluding hydrogens is 188 g/mol. The largest absolute Gasteiger partial charge is 0.419 e. The molecule has 0 spiro atoms. The third-order valence-corrected chi connectivity index (χ3v) is 3.57. The number of rotatable bonds is 7. The van der Waals surface area contributed by atoms with Crippen LogP contribution < -0.4 is 0 Å². The van der Waals surface area contributed by atoms with E-state index in [2.05, 4.69) is 40.3 Å². The van der Waals surface area contributed by atoms with Crippen molar-refractivity contribution in [2.45, 2.75) is 47.5 Å². The van der Waals surface area contributed by atoms with Crippen molar-refractivity contribution < 1.29 is 4.43 Å². The number of unbranched alkanes of at least 4 members (excludes halogenated alkanes) is 1. The highest BCUT2D eigenvalue weighted by Crippen LogP contribution is 2.18. The van der Waals surface area contributed by atoms with E-state index in [0.717, 1.165) is 6.61 Å². The van der Waals surface area contributed by atoms with Gasteiger partial charge in [-0.2, -0.15) is 0 Å². The smallest absolute Gasteiger partial charge is 0.185 e. The molecule has 0 aromatic rings. The highest BCUT2D eigenvalue weighted by atomic mass is 28.2. The molecule has 0 unspecified atom stereocenters. The van der Waals surface area contributed by atoms with Crippen LogP contribution in [0.2, 0.25) is 0 Å². The van der Waals surface area contributed by atoms with Crippen LogP contribution in [0, 0.1) is 11.8 Å². The molecule has 0 N–H and O–H groups in total. The Morgan fingerprint density at radius 3 is 2.21 bits per heavy atom. The minimum absolute atomic E-state index is 0.404. The lowest BCUT2D eigenvalue weighted by Gasteiger charge is -2.15. The third-order valence-electron chi connectivity index (χ3n) is 2.41. The van der Waals surface area contributed by atoms with Crippen LogP contribution in [0.4, 0.5) is 0 Å². The maximum atomic E-state index is 5.67. The van der Waals surface area contributed by atoms with Gasteiger partial charge in [0.1, 0.15) is 0 Å². The Labute approximate surface area is 91.9 Å². The van der Waals surface area contributed by atoms with Gasteiger partial charge in [-0.25, -0.2) is 0 Å². The summed E-state index contributed by atoms with van der Waals surface area (Å²) >= 11 is 0. The fraction of sp³-hybridized carbons (Fsp3) is 0.833. The van der Waals surface area contributed by atoms with Gasteiger partial charge < -0.3 is 4.43 Å². The monoisotopic (exact) mass is 214 g/mol. The van der Waals surface area contributed by atoms with Gasteiger partial charge in [-0.1, -0.05) is 52.3 Å². The maximum Gasteiger partial charge on any atom is 0.185 e. The number of hydrogen-bond acceptors (Lipinski definition) is 1. The van der Waals surface area contributed by atoms with E-state index < -0.39 is 9.76 Å². The Bertz CT molecular complexity index is 152. The lowest BCUT2D eigenvalue weighted by molar-refractivity contribution is 0.331. The fourth-order valence-electron chi connectivity index (χ4n) is 1.62. The summed E-state index contributed by atoms with van der Waals surface area (Å²) in [5.41, 5.74) is 3.97. The molecule has 0 amide bonds. The van der Waals surface area contributed by atoms with Crippen molar-refractivity contribution >= 4 is 9.76 Å². The van der Waals surface area contributed by atoms with Crippen molar-refractivity contribution in [2.24, 2.45) is 11.8 Å². The predicted molar refractivity (Wildman–Crippen MR) is 67.2 cm³/mol. The molecule has 0 saturated carbocycles. The van der Waals surface area contributed by atoms with Crippen molar-refractivity contribution in [3.63, 3.8) is 0 Å². The molecule has 2 heteroatoms. The molecule has 1 nitrogen and oxygen atoms in total. The first-order valence-corrected chi connectivity index (χ1v) is 7.26.